The summed E-state index contributed by atoms with van der Waals surface area (Å²) in [4.78, 5) is 14.8. The summed E-state index contributed by atoms with van der Waals surface area (Å²) in [7, 11) is 0. The normalized spacial score (nSPS) is 16.5. The fourth-order valence-electron chi connectivity index (χ4n) is 2.87. The van der Waals surface area contributed by atoms with Crippen molar-refractivity contribution in [1.82, 2.24) is 10.2 Å². The van der Waals surface area contributed by atoms with Crippen molar-refractivity contribution in [2.75, 3.05) is 19.7 Å². The highest BCUT2D eigenvalue weighted by atomic mass is 16.5. The molecule has 4 heteroatoms. The summed E-state index contributed by atoms with van der Waals surface area (Å²) in [6.07, 6.45) is 4.23. The first kappa shape index (κ1) is 17.8. The average molecular weight is 318 g/mol. The van der Waals surface area contributed by atoms with Crippen LogP contribution in [0.2, 0.25) is 0 Å². The number of carbonyl (C=O) groups is 1. The lowest BCUT2D eigenvalue weighted by molar-refractivity contribution is 0.0900. The third kappa shape index (κ3) is 5.54. The van der Waals surface area contributed by atoms with E-state index in [0.29, 0.717) is 11.6 Å². The first-order valence-electron chi connectivity index (χ1n) is 8.88. The molecule has 1 heterocycles. The molecule has 1 amide bonds. The molecule has 1 fully saturated rings. The van der Waals surface area contributed by atoms with Crippen LogP contribution >= 0.6 is 0 Å². The number of unbranched alkanes of at least 4 members (excludes halogenated alkanes) is 1. The SMILES string of the molecule is CCCCOc1ccc(C(=O)NC2CCN(C(C)C)CC2)cc1. The number of nitrogens with zero attached hydrogens (tertiary/aromatic N) is 1. The monoisotopic (exact) mass is 318 g/mol. The maximum absolute atomic E-state index is 12.3. The number of benzene rings is 1. The van der Waals surface area contributed by atoms with Crippen molar-refractivity contribution in [1.29, 1.82) is 0 Å². The quantitative estimate of drug-likeness (QED) is 0.783. The van der Waals surface area contributed by atoms with E-state index in [-0.39, 0.29) is 11.9 Å². The highest BCUT2D eigenvalue weighted by molar-refractivity contribution is 5.94. The second-order valence-electron chi connectivity index (χ2n) is 6.60. The lowest BCUT2D eigenvalue weighted by Gasteiger charge is -2.34. The molecular formula is C19H30N2O2. The Labute approximate surface area is 140 Å². The molecule has 1 aliphatic rings. The first-order chi connectivity index (χ1) is 11.1. The van der Waals surface area contributed by atoms with Crippen LogP contribution in [0.3, 0.4) is 0 Å². The Morgan fingerprint density at radius 3 is 2.48 bits per heavy atom. The van der Waals surface area contributed by atoms with Crippen molar-refractivity contribution in [3.05, 3.63) is 29.8 Å². The Morgan fingerprint density at radius 1 is 1.26 bits per heavy atom. The molecule has 0 radical (unpaired) electrons. The number of hydrogen-bond acceptors (Lipinski definition) is 3. The van der Waals surface area contributed by atoms with E-state index in [4.69, 9.17) is 4.74 Å². The van der Waals surface area contributed by atoms with E-state index in [0.717, 1.165) is 51.1 Å². The van der Waals surface area contributed by atoms with E-state index in [1.807, 2.05) is 24.3 Å². The minimum absolute atomic E-state index is 0.0214. The second-order valence-corrected chi connectivity index (χ2v) is 6.60. The minimum atomic E-state index is 0.0214. The fourth-order valence-corrected chi connectivity index (χ4v) is 2.87. The van der Waals surface area contributed by atoms with Crippen molar-refractivity contribution >= 4 is 5.91 Å². The van der Waals surface area contributed by atoms with Gasteiger partial charge in [0.1, 0.15) is 5.75 Å². The van der Waals surface area contributed by atoms with Gasteiger partial charge in [-0.3, -0.25) is 4.79 Å². The van der Waals surface area contributed by atoms with Crippen LogP contribution < -0.4 is 10.1 Å². The number of likely N-dealkylation sites (tertiary alicyclic amines) is 1. The summed E-state index contributed by atoms with van der Waals surface area (Å²) < 4.78 is 5.63. The van der Waals surface area contributed by atoms with Crippen molar-refractivity contribution in [3.8, 4) is 5.75 Å². The Balaban J connectivity index is 1.79. The zero-order valence-corrected chi connectivity index (χ0v) is 14.7. The average Bonchev–Trinajstić information content (AvgIpc) is 2.56. The Kier molecular flexibility index (Phi) is 6.90. The van der Waals surface area contributed by atoms with Gasteiger partial charge in [-0.25, -0.2) is 0 Å². The maximum atomic E-state index is 12.3. The van der Waals surface area contributed by atoms with E-state index in [2.05, 4.69) is 31.0 Å². The van der Waals surface area contributed by atoms with Gasteiger partial charge < -0.3 is 15.0 Å². The summed E-state index contributed by atoms with van der Waals surface area (Å²) in [5.74, 6) is 0.855. The van der Waals surface area contributed by atoms with Gasteiger partial charge in [0, 0.05) is 30.7 Å². The van der Waals surface area contributed by atoms with Crippen LogP contribution in [0.15, 0.2) is 24.3 Å². The molecule has 1 aromatic rings. The summed E-state index contributed by atoms with van der Waals surface area (Å²) in [6.45, 7) is 9.45. The van der Waals surface area contributed by atoms with E-state index in [9.17, 15) is 4.79 Å². The van der Waals surface area contributed by atoms with Crippen molar-refractivity contribution < 1.29 is 9.53 Å². The lowest BCUT2D eigenvalue weighted by Crippen LogP contribution is -2.46. The van der Waals surface area contributed by atoms with Crippen molar-refractivity contribution in [2.45, 2.75) is 58.5 Å². The highest BCUT2D eigenvalue weighted by Crippen LogP contribution is 2.15. The van der Waals surface area contributed by atoms with Crippen molar-refractivity contribution in [2.24, 2.45) is 0 Å². The minimum Gasteiger partial charge on any atom is -0.494 e. The number of piperidine rings is 1. The van der Waals surface area contributed by atoms with Gasteiger partial charge in [-0.05, 0) is 57.4 Å². The van der Waals surface area contributed by atoms with Crippen LogP contribution in [0.4, 0.5) is 0 Å². The lowest BCUT2D eigenvalue weighted by atomic mass is 10.0. The predicted octanol–water partition coefficient (Wildman–Crippen LogP) is 3.47. The highest BCUT2D eigenvalue weighted by Gasteiger charge is 2.22. The van der Waals surface area contributed by atoms with Gasteiger partial charge in [-0.15, -0.1) is 0 Å². The molecule has 1 aromatic carbocycles. The molecule has 4 nitrogen and oxygen atoms in total. The van der Waals surface area contributed by atoms with Gasteiger partial charge >= 0.3 is 0 Å². The Morgan fingerprint density at radius 2 is 1.91 bits per heavy atom. The molecule has 1 aliphatic heterocycles. The molecule has 1 N–H and O–H groups in total. The van der Waals surface area contributed by atoms with Gasteiger partial charge in [0.25, 0.3) is 5.91 Å². The third-order valence-corrected chi connectivity index (χ3v) is 4.48. The molecule has 0 spiro atoms. The van der Waals surface area contributed by atoms with E-state index < -0.39 is 0 Å². The Bertz CT molecular complexity index is 477. The first-order valence-corrected chi connectivity index (χ1v) is 8.88. The van der Waals surface area contributed by atoms with E-state index >= 15 is 0 Å². The van der Waals surface area contributed by atoms with Crippen LogP contribution in [0, 0.1) is 0 Å². The van der Waals surface area contributed by atoms with E-state index in [1.165, 1.54) is 0 Å². The molecule has 2 rings (SSSR count). The van der Waals surface area contributed by atoms with Gasteiger partial charge in [0.2, 0.25) is 0 Å². The summed E-state index contributed by atoms with van der Waals surface area (Å²) >= 11 is 0. The largest absolute Gasteiger partial charge is 0.494 e. The van der Waals surface area contributed by atoms with Crippen LogP contribution in [0.5, 0.6) is 5.75 Å². The number of amides is 1. The molecule has 0 bridgehead atoms. The molecule has 23 heavy (non-hydrogen) atoms. The number of nitrogens with one attached hydrogen (secondary N) is 1. The topological polar surface area (TPSA) is 41.6 Å². The molecule has 0 unspecified atom stereocenters. The summed E-state index contributed by atoms with van der Waals surface area (Å²) in [5.41, 5.74) is 0.708. The molecule has 1 saturated heterocycles. The zero-order chi connectivity index (χ0) is 16.7. The van der Waals surface area contributed by atoms with Gasteiger partial charge in [0.15, 0.2) is 0 Å². The number of rotatable bonds is 7. The smallest absolute Gasteiger partial charge is 0.251 e. The molecular weight excluding hydrogens is 288 g/mol. The van der Waals surface area contributed by atoms with Crippen LogP contribution in [0.1, 0.15) is 56.8 Å². The maximum Gasteiger partial charge on any atom is 0.251 e. The molecule has 0 aliphatic carbocycles. The van der Waals surface area contributed by atoms with Crippen LogP contribution in [-0.4, -0.2) is 42.6 Å². The molecule has 0 aromatic heterocycles. The zero-order valence-electron chi connectivity index (χ0n) is 14.7. The van der Waals surface area contributed by atoms with Gasteiger partial charge in [-0.1, -0.05) is 13.3 Å². The van der Waals surface area contributed by atoms with Gasteiger partial charge in [-0.2, -0.15) is 0 Å². The molecule has 128 valence electrons. The molecule has 0 atom stereocenters. The summed E-state index contributed by atoms with van der Waals surface area (Å²) in [5, 5.41) is 3.16. The fraction of sp³-hybridized carbons (Fsp3) is 0.632. The number of hydrogen-bond donors (Lipinski definition) is 1. The van der Waals surface area contributed by atoms with Crippen molar-refractivity contribution in [3.63, 3.8) is 0 Å². The number of ether oxygens (including phenoxy) is 1. The third-order valence-electron chi connectivity index (χ3n) is 4.48. The molecule has 0 saturated carbocycles. The van der Waals surface area contributed by atoms with Crippen LogP contribution in [-0.2, 0) is 0 Å². The van der Waals surface area contributed by atoms with Crippen LogP contribution in [0.25, 0.3) is 0 Å². The van der Waals surface area contributed by atoms with Gasteiger partial charge in [0.05, 0.1) is 6.61 Å². The standard InChI is InChI=1S/C19H30N2O2/c1-4-5-14-23-18-8-6-16(7-9-18)19(22)20-17-10-12-21(13-11-17)15(2)3/h6-9,15,17H,4-5,10-14H2,1-3H3,(H,20,22). The Hall–Kier alpha value is -1.55. The predicted molar refractivity (Wildman–Crippen MR) is 94.0 cm³/mol. The second kappa shape index (κ2) is 8.92. The van der Waals surface area contributed by atoms with E-state index in [1.54, 1.807) is 0 Å². The number of carbonyl (C=O) groups excluding carboxylic acids is 1. The summed E-state index contributed by atoms with van der Waals surface area (Å²) in [6, 6.07) is 8.34.